The maximum atomic E-state index is 10.5. The van der Waals surface area contributed by atoms with E-state index in [0.717, 1.165) is 0 Å². The van der Waals surface area contributed by atoms with Crippen molar-refractivity contribution in [3.05, 3.63) is 0 Å². The molecule has 0 fully saturated rings. The van der Waals surface area contributed by atoms with E-state index in [0.29, 0.717) is 0 Å². The fourth-order valence-corrected chi connectivity index (χ4v) is 0.584. The Balaban J connectivity index is 4.34. The molecular weight excluding hydrogens is 148 g/mol. The first-order valence-corrected chi connectivity index (χ1v) is 3.35. The van der Waals surface area contributed by atoms with Crippen LogP contribution in [-0.4, -0.2) is 22.6 Å². The van der Waals surface area contributed by atoms with E-state index in [2.05, 4.69) is 4.74 Å². The molecule has 0 saturated heterocycles. The van der Waals surface area contributed by atoms with Crippen molar-refractivity contribution in [3.8, 4) is 0 Å². The Labute approximate surface area is 65.2 Å². The summed E-state index contributed by atoms with van der Waals surface area (Å²) >= 11 is 0. The first kappa shape index (κ1) is 9.94. The van der Waals surface area contributed by atoms with Crippen molar-refractivity contribution in [2.24, 2.45) is 0 Å². The average Bonchev–Trinajstić information content (AvgIpc) is 1.86. The first-order valence-electron chi connectivity index (χ1n) is 3.35. The van der Waals surface area contributed by atoms with Gasteiger partial charge in [0.25, 0.3) is 0 Å². The molecule has 64 valence electrons. The quantitative estimate of drug-likeness (QED) is 0.620. The monoisotopic (exact) mass is 160 g/mol. The van der Waals surface area contributed by atoms with Crippen LogP contribution in [0.1, 0.15) is 27.2 Å². The molecule has 0 aliphatic heterocycles. The van der Waals surface area contributed by atoms with Gasteiger partial charge >= 0.3 is 11.9 Å². The van der Waals surface area contributed by atoms with Gasteiger partial charge in [-0.05, 0) is 13.3 Å². The molecule has 0 aromatic heterocycles. The van der Waals surface area contributed by atoms with Crippen LogP contribution in [0.2, 0.25) is 0 Å². The summed E-state index contributed by atoms with van der Waals surface area (Å²) in [6, 6.07) is 0. The molecule has 1 atom stereocenters. The van der Waals surface area contributed by atoms with Gasteiger partial charge in [-0.1, -0.05) is 6.92 Å². The van der Waals surface area contributed by atoms with E-state index < -0.39 is 17.5 Å². The van der Waals surface area contributed by atoms with Crippen LogP contribution >= 0.6 is 0 Å². The summed E-state index contributed by atoms with van der Waals surface area (Å²) in [6.45, 7) is 4.21. The predicted molar refractivity (Wildman–Crippen MR) is 38.1 cm³/mol. The summed E-state index contributed by atoms with van der Waals surface area (Å²) in [7, 11) is 0. The summed E-state index contributed by atoms with van der Waals surface area (Å²) in [5, 5.41) is 8.60. The van der Waals surface area contributed by atoms with Gasteiger partial charge < -0.3 is 9.84 Å². The molecule has 11 heavy (non-hydrogen) atoms. The lowest BCUT2D eigenvalue weighted by atomic mass is 10.0. The molecule has 1 unspecified atom stereocenters. The van der Waals surface area contributed by atoms with Gasteiger partial charge in [-0.25, -0.2) is 4.79 Å². The van der Waals surface area contributed by atoms with E-state index >= 15 is 0 Å². The highest BCUT2D eigenvalue weighted by molar-refractivity contribution is 5.80. The number of hydrogen-bond acceptors (Lipinski definition) is 3. The van der Waals surface area contributed by atoms with Crippen molar-refractivity contribution < 1.29 is 19.4 Å². The molecule has 0 amide bonds. The summed E-state index contributed by atoms with van der Waals surface area (Å²) in [5.74, 6) is -1.69. The normalized spacial score (nSPS) is 15.2. The van der Waals surface area contributed by atoms with E-state index in [1.165, 1.54) is 13.8 Å². The number of aliphatic carboxylic acids is 1. The van der Waals surface area contributed by atoms with E-state index in [1.807, 2.05) is 0 Å². The lowest BCUT2D eigenvalue weighted by Crippen LogP contribution is -2.39. The second kappa shape index (κ2) is 3.37. The summed E-state index contributed by atoms with van der Waals surface area (Å²) in [6.07, 6.45) is 0.266. The van der Waals surface area contributed by atoms with E-state index in [1.54, 1.807) is 6.92 Å². The lowest BCUT2D eigenvalue weighted by Gasteiger charge is -2.22. The second-order valence-electron chi connectivity index (χ2n) is 2.48. The third-order valence-electron chi connectivity index (χ3n) is 1.50. The predicted octanol–water partition coefficient (Wildman–Crippen LogP) is 0.803. The average molecular weight is 160 g/mol. The molecule has 0 spiro atoms. The Bertz CT molecular complexity index is 175. The Kier molecular flexibility index (Phi) is 3.04. The fourth-order valence-electron chi connectivity index (χ4n) is 0.584. The van der Waals surface area contributed by atoms with E-state index in [-0.39, 0.29) is 6.42 Å². The number of ether oxygens (including phenoxy) is 1. The Morgan fingerprint density at radius 1 is 1.55 bits per heavy atom. The zero-order valence-corrected chi connectivity index (χ0v) is 6.88. The van der Waals surface area contributed by atoms with E-state index in [4.69, 9.17) is 5.11 Å². The SMILES string of the molecule is CCC(C)(OC(C)=O)C(=O)O. The summed E-state index contributed by atoms with van der Waals surface area (Å²) in [4.78, 5) is 20.9. The molecule has 0 aromatic carbocycles. The van der Waals surface area contributed by atoms with Crippen molar-refractivity contribution >= 4 is 11.9 Å². The number of esters is 1. The van der Waals surface area contributed by atoms with Crippen molar-refractivity contribution in [1.82, 2.24) is 0 Å². The minimum atomic E-state index is -1.37. The largest absolute Gasteiger partial charge is 0.478 e. The van der Waals surface area contributed by atoms with Gasteiger partial charge in [0.05, 0.1) is 0 Å². The number of carboxylic acids is 1. The van der Waals surface area contributed by atoms with Crippen LogP contribution < -0.4 is 0 Å². The molecule has 4 heteroatoms. The molecule has 0 heterocycles. The van der Waals surface area contributed by atoms with Crippen LogP contribution in [0, 0.1) is 0 Å². The fraction of sp³-hybridized carbons (Fsp3) is 0.714. The van der Waals surface area contributed by atoms with Crippen LogP contribution in [0.15, 0.2) is 0 Å². The molecule has 0 aliphatic rings. The molecule has 1 N–H and O–H groups in total. The smallest absolute Gasteiger partial charge is 0.347 e. The summed E-state index contributed by atoms with van der Waals surface area (Å²) < 4.78 is 4.61. The summed E-state index contributed by atoms with van der Waals surface area (Å²) in [5.41, 5.74) is -1.37. The van der Waals surface area contributed by atoms with Crippen molar-refractivity contribution in [2.45, 2.75) is 32.8 Å². The van der Waals surface area contributed by atoms with Crippen LogP contribution in [-0.2, 0) is 14.3 Å². The van der Waals surface area contributed by atoms with Crippen LogP contribution in [0.3, 0.4) is 0 Å². The van der Waals surface area contributed by atoms with Gasteiger partial charge in [-0.3, -0.25) is 4.79 Å². The van der Waals surface area contributed by atoms with E-state index in [9.17, 15) is 9.59 Å². The number of carboxylic acid groups (broad SMARTS) is 1. The standard InChI is InChI=1S/C7H12O4/c1-4-7(3,6(9)10)11-5(2)8/h4H2,1-3H3,(H,9,10). The highest BCUT2D eigenvalue weighted by atomic mass is 16.6. The van der Waals surface area contributed by atoms with Crippen LogP contribution in [0.25, 0.3) is 0 Å². The van der Waals surface area contributed by atoms with Crippen LogP contribution in [0.5, 0.6) is 0 Å². The minimum Gasteiger partial charge on any atom is -0.478 e. The minimum absolute atomic E-state index is 0.266. The Morgan fingerprint density at radius 2 is 2.00 bits per heavy atom. The molecule has 0 aromatic rings. The van der Waals surface area contributed by atoms with Crippen LogP contribution in [0.4, 0.5) is 0 Å². The zero-order valence-electron chi connectivity index (χ0n) is 6.88. The highest BCUT2D eigenvalue weighted by Gasteiger charge is 2.34. The van der Waals surface area contributed by atoms with Crippen molar-refractivity contribution in [3.63, 3.8) is 0 Å². The molecule has 0 radical (unpaired) electrons. The molecule has 0 bridgehead atoms. The number of carbonyl (C=O) groups is 2. The third-order valence-corrected chi connectivity index (χ3v) is 1.50. The van der Waals surface area contributed by atoms with Gasteiger partial charge in [0.1, 0.15) is 0 Å². The number of carbonyl (C=O) groups excluding carboxylic acids is 1. The van der Waals surface area contributed by atoms with Gasteiger partial charge in [-0.15, -0.1) is 0 Å². The van der Waals surface area contributed by atoms with Gasteiger partial charge in [-0.2, -0.15) is 0 Å². The molecular formula is C7H12O4. The molecule has 0 aliphatic carbocycles. The number of hydrogen-bond donors (Lipinski definition) is 1. The Morgan fingerprint density at radius 3 is 2.09 bits per heavy atom. The highest BCUT2D eigenvalue weighted by Crippen LogP contribution is 2.15. The second-order valence-corrected chi connectivity index (χ2v) is 2.48. The van der Waals surface area contributed by atoms with Gasteiger partial charge in [0, 0.05) is 6.92 Å². The molecule has 0 rings (SSSR count). The number of rotatable bonds is 3. The van der Waals surface area contributed by atoms with Crippen molar-refractivity contribution in [1.29, 1.82) is 0 Å². The maximum Gasteiger partial charge on any atom is 0.347 e. The maximum absolute atomic E-state index is 10.5. The topological polar surface area (TPSA) is 63.6 Å². The first-order chi connectivity index (χ1) is 4.92. The molecule has 0 saturated carbocycles. The molecule has 4 nitrogen and oxygen atoms in total. The van der Waals surface area contributed by atoms with Gasteiger partial charge in [0.2, 0.25) is 5.60 Å². The van der Waals surface area contributed by atoms with Gasteiger partial charge in [0.15, 0.2) is 0 Å². The van der Waals surface area contributed by atoms with Crippen molar-refractivity contribution in [2.75, 3.05) is 0 Å². The third kappa shape index (κ3) is 2.57. The lowest BCUT2D eigenvalue weighted by molar-refractivity contribution is -0.175. The zero-order chi connectivity index (χ0) is 9.07. The Hall–Kier alpha value is -1.06.